The van der Waals surface area contributed by atoms with E-state index in [0.29, 0.717) is 6.10 Å². The molecule has 3 saturated carbocycles. The van der Waals surface area contributed by atoms with Crippen molar-refractivity contribution in [2.75, 3.05) is 6.54 Å². The summed E-state index contributed by atoms with van der Waals surface area (Å²) in [5.74, 6) is 1.83. The molecule has 2 heteroatoms. The molecule has 0 aromatic heterocycles. The van der Waals surface area contributed by atoms with E-state index >= 15 is 0 Å². The van der Waals surface area contributed by atoms with Gasteiger partial charge >= 0.3 is 0 Å². The van der Waals surface area contributed by atoms with Crippen LogP contribution < -0.4 is 5.73 Å². The van der Waals surface area contributed by atoms with Crippen LogP contribution in [0.15, 0.2) is 0 Å². The van der Waals surface area contributed by atoms with Crippen LogP contribution in [0.3, 0.4) is 0 Å². The second-order valence-corrected chi connectivity index (χ2v) is 5.50. The first-order chi connectivity index (χ1) is 6.82. The van der Waals surface area contributed by atoms with Crippen molar-refractivity contribution < 1.29 is 4.74 Å². The summed E-state index contributed by atoms with van der Waals surface area (Å²) < 4.78 is 6.25. The monoisotopic (exact) mass is 195 g/mol. The largest absolute Gasteiger partial charge is 0.370 e. The van der Waals surface area contributed by atoms with Crippen molar-refractivity contribution in [3.8, 4) is 0 Å². The van der Waals surface area contributed by atoms with Gasteiger partial charge in [-0.3, -0.25) is 0 Å². The Morgan fingerprint density at radius 3 is 2.43 bits per heavy atom. The van der Waals surface area contributed by atoms with E-state index in [0.717, 1.165) is 18.4 Å². The Morgan fingerprint density at radius 2 is 1.93 bits per heavy atom. The number of ether oxygens (including phenoxy) is 1. The average Bonchev–Trinajstić information content (AvgIpc) is 2.63. The highest BCUT2D eigenvalue weighted by atomic mass is 16.5. The fourth-order valence-corrected chi connectivity index (χ4v) is 4.02. The Hall–Kier alpha value is -0.0800. The molecule has 1 aliphatic heterocycles. The van der Waals surface area contributed by atoms with Crippen LogP contribution >= 0.6 is 0 Å². The van der Waals surface area contributed by atoms with Crippen molar-refractivity contribution in [3.05, 3.63) is 0 Å². The molecular weight excluding hydrogens is 174 g/mol. The molecule has 4 rings (SSSR count). The lowest BCUT2D eigenvalue weighted by Crippen LogP contribution is -2.47. The Morgan fingerprint density at radius 1 is 1.14 bits per heavy atom. The van der Waals surface area contributed by atoms with Gasteiger partial charge < -0.3 is 10.5 Å². The molecule has 1 saturated heterocycles. The molecule has 2 N–H and O–H groups in total. The standard InChI is InChI=1S/C12H21NO/c13-8-11-5-6-12(14-11)7-9-1-3-10(12)4-2-9/h9-11H,1-8,13H2. The molecule has 1 heterocycles. The van der Waals surface area contributed by atoms with E-state index in [1.165, 1.54) is 44.9 Å². The molecule has 0 amide bonds. The van der Waals surface area contributed by atoms with Crippen molar-refractivity contribution in [1.29, 1.82) is 0 Å². The van der Waals surface area contributed by atoms with Gasteiger partial charge in [-0.2, -0.15) is 0 Å². The van der Waals surface area contributed by atoms with Gasteiger partial charge in [0.2, 0.25) is 0 Å². The zero-order valence-corrected chi connectivity index (χ0v) is 8.87. The third-order valence-electron chi connectivity index (χ3n) is 4.78. The fraction of sp³-hybridized carbons (Fsp3) is 1.00. The van der Waals surface area contributed by atoms with E-state index in [1.807, 2.05) is 0 Å². The molecule has 2 nitrogen and oxygen atoms in total. The second kappa shape index (κ2) is 3.21. The molecule has 3 aliphatic carbocycles. The Balaban J connectivity index is 1.78. The van der Waals surface area contributed by atoms with Gasteiger partial charge in [-0.15, -0.1) is 0 Å². The maximum Gasteiger partial charge on any atom is 0.0718 e. The first kappa shape index (κ1) is 9.17. The third-order valence-corrected chi connectivity index (χ3v) is 4.78. The number of rotatable bonds is 1. The predicted molar refractivity (Wildman–Crippen MR) is 56.0 cm³/mol. The predicted octanol–water partition coefficient (Wildman–Crippen LogP) is 2.07. The minimum absolute atomic E-state index is 0.283. The first-order valence-electron chi connectivity index (χ1n) is 6.20. The molecule has 2 atom stereocenters. The summed E-state index contributed by atoms with van der Waals surface area (Å²) in [5.41, 5.74) is 5.98. The second-order valence-electron chi connectivity index (χ2n) is 5.50. The van der Waals surface area contributed by atoms with Crippen molar-refractivity contribution in [1.82, 2.24) is 0 Å². The van der Waals surface area contributed by atoms with Crippen molar-refractivity contribution in [2.24, 2.45) is 17.6 Å². The molecule has 4 aliphatic rings. The van der Waals surface area contributed by atoms with Crippen LogP contribution in [0, 0.1) is 11.8 Å². The van der Waals surface area contributed by atoms with Gasteiger partial charge in [0, 0.05) is 6.54 Å². The lowest BCUT2D eigenvalue weighted by atomic mass is 9.61. The number of hydrogen-bond donors (Lipinski definition) is 1. The van der Waals surface area contributed by atoms with E-state index in [-0.39, 0.29) is 5.60 Å². The summed E-state index contributed by atoms with van der Waals surface area (Å²) >= 11 is 0. The third kappa shape index (κ3) is 1.24. The average molecular weight is 195 g/mol. The number of nitrogens with two attached hydrogens (primary N) is 1. The molecule has 2 bridgehead atoms. The fourth-order valence-electron chi connectivity index (χ4n) is 4.02. The van der Waals surface area contributed by atoms with E-state index < -0.39 is 0 Å². The normalized spacial score (nSPS) is 51.6. The number of fused-ring (bicyclic) bond motifs is 2. The first-order valence-corrected chi connectivity index (χ1v) is 6.20. The summed E-state index contributed by atoms with van der Waals surface area (Å²) in [6, 6.07) is 0. The van der Waals surface area contributed by atoms with E-state index in [2.05, 4.69) is 0 Å². The molecule has 0 radical (unpaired) electrons. The van der Waals surface area contributed by atoms with E-state index in [1.54, 1.807) is 0 Å². The summed E-state index contributed by atoms with van der Waals surface area (Å²) in [4.78, 5) is 0. The Labute approximate surface area is 86.2 Å². The number of hydrogen-bond acceptors (Lipinski definition) is 2. The molecule has 2 unspecified atom stereocenters. The van der Waals surface area contributed by atoms with Crippen LogP contribution in [0.25, 0.3) is 0 Å². The van der Waals surface area contributed by atoms with E-state index in [4.69, 9.17) is 10.5 Å². The van der Waals surface area contributed by atoms with Crippen molar-refractivity contribution in [2.45, 2.75) is 56.7 Å². The maximum absolute atomic E-state index is 6.25. The molecule has 80 valence electrons. The van der Waals surface area contributed by atoms with Gasteiger partial charge in [-0.1, -0.05) is 0 Å². The Bertz CT molecular complexity index is 222. The van der Waals surface area contributed by atoms with Gasteiger partial charge in [0.15, 0.2) is 0 Å². The van der Waals surface area contributed by atoms with Crippen LogP contribution in [-0.4, -0.2) is 18.2 Å². The van der Waals surface area contributed by atoms with Crippen molar-refractivity contribution in [3.63, 3.8) is 0 Å². The zero-order chi connectivity index (χ0) is 9.60. The summed E-state index contributed by atoms with van der Waals surface area (Å²) in [7, 11) is 0. The summed E-state index contributed by atoms with van der Waals surface area (Å²) in [5, 5.41) is 0. The van der Waals surface area contributed by atoms with Crippen LogP contribution in [0.5, 0.6) is 0 Å². The Kier molecular flexibility index (Phi) is 2.10. The maximum atomic E-state index is 6.25. The van der Waals surface area contributed by atoms with Gasteiger partial charge in [0.25, 0.3) is 0 Å². The lowest BCUT2D eigenvalue weighted by molar-refractivity contribution is -0.132. The minimum atomic E-state index is 0.283. The minimum Gasteiger partial charge on any atom is -0.370 e. The molecule has 1 spiro atoms. The smallest absolute Gasteiger partial charge is 0.0718 e. The van der Waals surface area contributed by atoms with Crippen LogP contribution in [0.2, 0.25) is 0 Å². The zero-order valence-electron chi connectivity index (χ0n) is 8.87. The van der Waals surface area contributed by atoms with Gasteiger partial charge in [0.05, 0.1) is 11.7 Å². The van der Waals surface area contributed by atoms with Crippen LogP contribution in [-0.2, 0) is 4.74 Å². The summed E-state index contributed by atoms with van der Waals surface area (Å²) in [6.45, 7) is 0.721. The van der Waals surface area contributed by atoms with E-state index in [9.17, 15) is 0 Å². The van der Waals surface area contributed by atoms with Crippen molar-refractivity contribution >= 4 is 0 Å². The summed E-state index contributed by atoms with van der Waals surface area (Å²) in [6.07, 6.45) is 9.97. The topological polar surface area (TPSA) is 35.2 Å². The molecule has 4 fully saturated rings. The molecular formula is C12H21NO. The lowest BCUT2D eigenvalue weighted by Gasteiger charge is -2.49. The highest BCUT2D eigenvalue weighted by Gasteiger charge is 2.51. The molecule has 0 aromatic carbocycles. The van der Waals surface area contributed by atoms with Gasteiger partial charge in [-0.25, -0.2) is 0 Å². The highest BCUT2D eigenvalue weighted by molar-refractivity contribution is 5.02. The quantitative estimate of drug-likeness (QED) is 0.695. The highest BCUT2D eigenvalue weighted by Crippen LogP contribution is 2.54. The SMILES string of the molecule is NCC1CCC2(CC3CCC2CC3)O1. The van der Waals surface area contributed by atoms with Crippen LogP contribution in [0.1, 0.15) is 44.9 Å². The molecule has 0 aromatic rings. The van der Waals surface area contributed by atoms with Gasteiger partial charge in [0.1, 0.15) is 0 Å². The van der Waals surface area contributed by atoms with Gasteiger partial charge in [-0.05, 0) is 56.8 Å². The molecule has 14 heavy (non-hydrogen) atoms. The van der Waals surface area contributed by atoms with Crippen LogP contribution in [0.4, 0.5) is 0 Å².